The lowest BCUT2D eigenvalue weighted by atomic mass is 10.4. The molecule has 1 aromatic rings. The maximum Gasteiger partial charge on any atom is 0.416 e. The van der Waals surface area contributed by atoms with Crippen molar-refractivity contribution in [3.05, 3.63) is 24.1 Å². The Balaban J connectivity index is 1.93. The van der Waals surface area contributed by atoms with Gasteiger partial charge in [0.25, 0.3) is 0 Å². The van der Waals surface area contributed by atoms with Crippen LogP contribution in [0.15, 0.2) is 18.3 Å². The predicted octanol–water partition coefficient (Wildman–Crippen LogP) is 0.625. The van der Waals surface area contributed by atoms with Gasteiger partial charge in [-0.05, 0) is 6.07 Å². The molecule has 0 atom stereocenters. The largest absolute Gasteiger partial charge is 0.416 e. The van der Waals surface area contributed by atoms with Gasteiger partial charge in [0.1, 0.15) is 5.82 Å². The van der Waals surface area contributed by atoms with E-state index in [4.69, 9.17) is 4.74 Å². The average molecular weight is 225 g/mol. The van der Waals surface area contributed by atoms with Gasteiger partial charge in [-0.25, -0.2) is 14.2 Å². The Labute approximate surface area is 92.2 Å². The molecule has 1 saturated heterocycles. The van der Waals surface area contributed by atoms with Gasteiger partial charge in [-0.2, -0.15) is 0 Å². The predicted molar refractivity (Wildman–Crippen MR) is 54.7 cm³/mol. The van der Waals surface area contributed by atoms with Gasteiger partial charge in [0.15, 0.2) is 0 Å². The first kappa shape index (κ1) is 10.8. The Bertz CT molecular complexity index is 363. The zero-order valence-corrected chi connectivity index (χ0v) is 8.65. The van der Waals surface area contributed by atoms with Crippen molar-refractivity contribution in [1.29, 1.82) is 0 Å². The molecule has 1 aliphatic heterocycles. The van der Waals surface area contributed by atoms with E-state index in [1.54, 1.807) is 4.90 Å². The van der Waals surface area contributed by atoms with Crippen molar-refractivity contribution in [3.63, 3.8) is 0 Å². The first-order valence-electron chi connectivity index (χ1n) is 5.05. The van der Waals surface area contributed by atoms with Crippen molar-refractivity contribution >= 4 is 6.09 Å². The van der Waals surface area contributed by atoms with Gasteiger partial charge >= 0.3 is 6.09 Å². The lowest BCUT2D eigenvalue weighted by Gasteiger charge is -2.26. The summed E-state index contributed by atoms with van der Waals surface area (Å²) in [6.07, 6.45) is 0.570. The fourth-order valence-corrected chi connectivity index (χ4v) is 1.42. The van der Waals surface area contributed by atoms with Gasteiger partial charge in [0, 0.05) is 32.2 Å². The number of amides is 1. The summed E-state index contributed by atoms with van der Waals surface area (Å²) in [5, 5.41) is 3.13. The zero-order chi connectivity index (χ0) is 11.4. The Morgan fingerprint density at radius 2 is 2.19 bits per heavy atom. The second kappa shape index (κ2) is 4.89. The molecule has 1 aromatic heterocycles. The van der Waals surface area contributed by atoms with E-state index in [0.29, 0.717) is 13.1 Å². The molecule has 0 unspecified atom stereocenters. The second-order valence-electron chi connectivity index (χ2n) is 3.42. The lowest BCUT2D eigenvalue weighted by molar-refractivity contribution is 0.144. The molecular formula is C10H12FN3O2. The highest BCUT2D eigenvalue weighted by molar-refractivity contribution is 5.70. The van der Waals surface area contributed by atoms with Gasteiger partial charge in [-0.3, -0.25) is 0 Å². The third kappa shape index (κ3) is 2.66. The number of rotatable bonds is 1. The van der Waals surface area contributed by atoms with Crippen LogP contribution in [-0.2, 0) is 0 Å². The normalized spacial score (nSPS) is 15.9. The quantitative estimate of drug-likeness (QED) is 0.761. The van der Waals surface area contributed by atoms with Crippen LogP contribution in [-0.4, -0.2) is 42.2 Å². The molecule has 2 heterocycles. The monoisotopic (exact) mass is 225 g/mol. The van der Waals surface area contributed by atoms with Gasteiger partial charge in [0.2, 0.25) is 5.88 Å². The Hall–Kier alpha value is -1.69. The van der Waals surface area contributed by atoms with E-state index < -0.39 is 11.9 Å². The number of nitrogens with one attached hydrogen (secondary N) is 1. The molecule has 0 spiro atoms. The first-order valence-corrected chi connectivity index (χ1v) is 5.05. The first-order chi connectivity index (χ1) is 7.75. The summed E-state index contributed by atoms with van der Waals surface area (Å²) in [7, 11) is 0. The van der Waals surface area contributed by atoms with Crippen molar-refractivity contribution in [3.8, 4) is 5.88 Å². The SMILES string of the molecule is O=C(Oc1ccc(F)cn1)N1CCNCC1. The molecule has 0 saturated carbocycles. The molecular weight excluding hydrogens is 213 g/mol. The fourth-order valence-electron chi connectivity index (χ4n) is 1.42. The van der Waals surface area contributed by atoms with Crippen molar-refractivity contribution in [2.75, 3.05) is 26.2 Å². The summed E-state index contributed by atoms with van der Waals surface area (Å²) in [6, 6.07) is 2.53. The molecule has 1 aliphatic rings. The summed E-state index contributed by atoms with van der Waals surface area (Å²) in [5.74, 6) is -0.341. The van der Waals surface area contributed by atoms with Crippen molar-refractivity contribution in [2.24, 2.45) is 0 Å². The Morgan fingerprint density at radius 1 is 1.44 bits per heavy atom. The standard InChI is InChI=1S/C10H12FN3O2/c11-8-1-2-9(13-7-8)16-10(15)14-5-3-12-4-6-14/h1-2,7,12H,3-6H2. The summed E-state index contributed by atoms with van der Waals surface area (Å²) in [6.45, 7) is 2.73. The van der Waals surface area contributed by atoms with E-state index in [1.165, 1.54) is 12.1 Å². The van der Waals surface area contributed by atoms with Crippen LogP contribution in [0, 0.1) is 5.82 Å². The molecule has 0 aromatic carbocycles. The number of halogens is 1. The van der Waals surface area contributed by atoms with Gasteiger partial charge in [-0.1, -0.05) is 0 Å². The van der Waals surface area contributed by atoms with Crippen LogP contribution >= 0.6 is 0 Å². The molecule has 1 N–H and O–H groups in total. The lowest BCUT2D eigenvalue weighted by Crippen LogP contribution is -2.47. The van der Waals surface area contributed by atoms with E-state index in [9.17, 15) is 9.18 Å². The van der Waals surface area contributed by atoms with E-state index in [-0.39, 0.29) is 5.88 Å². The molecule has 86 valence electrons. The molecule has 2 rings (SSSR count). The molecule has 6 heteroatoms. The molecule has 1 fully saturated rings. The van der Waals surface area contributed by atoms with Crippen LogP contribution in [0.1, 0.15) is 0 Å². The highest BCUT2D eigenvalue weighted by Crippen LogP contribution is 2.08. The minimum Gasteiger partial charge on any atom is -0.391 e. The number of nitrogens with zero attached hydrogens (tertiary/aromatic N) is 2. The van der Waals surface area contributed by atoms with Crippen LogP contribution in [0.4, 0.5) is 9.18 Å². The summed E-state index contributed by atoms with van der Waals surface area (Å²) in [4.78, 5) is 16.8. The van der Waals surface area contributed by atoms with Gasteiger partial charge < -0.3 is 15.0 Å². The van der Waals surface area contributed by atoms with Crippen molar-refractivity contribution < 1.29 is 13.9 Å². The zero-order valence-electron chi connectivity index (χ0n) is 8.65. The van der Waals surface area contributed by atoms with Gasteiger partial charge in [-0.15, -0.1) is 0 Å². The van der Waals surface area contributed by atoms with Gasteiger partial charge in [0.05, 0.1) is 6.20 Å². The number of pyridine rings is 1. The summed E-state index contributed by atoms with van der Waals surface area (Å²) < 4.78 is 17.5. The van der Waals surface area contributed by atoms with E-state index in [1.807, 2.05) is 0 Å². The number of hydrogen-bond donors (Lipinski definition) is 1. The van der Waals surface area contributed by atoms with E-state index in [0.717, 1.165) is 19.3 Å². The van der Waals surface area contributed by atoms with Crippen LogP contribution in [0.25, 0.3) is 0 Å². The summed E-state index contributed by atoms with van der Waals surface area (Å²) in [5.41, 5.74) is 0. The maximum absolute atomic E-state index is 12.6. The second-order valence-corrected chi connectivity index (χ2v) is 3.42. The molecule has 0 radical (unpaired) electrons. The van der Waals surface area contributed by atoms with Crippen LogP contribution < -0.4 is 10.1 Å². The smallest absolute Gasteiger partial charge is 0.391 e. The average Bonchev–Trinajstić information content (AvgIpc) is 2.33. The molecule has 0 aliphatic carbocycles. The molecule has 16 heavy (non-hydrogen) atoms. The molecule has 0 bridgehead atoms. The number of carbonyl (C=O) groups is 1. The minimum atomic E-state index is -0.457. The number of ether oxygens (including phenoxy) is 1. The van der Waals surface area contributed by atoms with Crippen LogP contribution in [0.2, 0.25) is 0 Å². The van der Waals surface area contributed by atoms with E-state index in [2.05, 4.69) is 10.3 Å². The molecule has 5 nitrogen and oxygen atoms in total. The van der Waals surface area contributed by atoms with Crippen LogP contribution in [0.3, 0.4) is 0 Å². The van der Waals surface area contributed by atoms with E-state index >= 15 is 0 Å². The Morgan fingerprint density at radius 3 is 2.81 bits per heavy atom. The maximum atomic E-state index is 12.6. The minimum absolute atomic E-state index is 0.116. The number of carbonyl (C=O) groups excluding carboxylic acids is 1. The number of aromatic nitrogens is 1. The third-order valence-corrected chi connectivity index (χ3v) is 2.27. The highest BCUT2D eigenvalue weighted by Gasteiger charge is 2.18. The topological polar surface area (TPSA) is 54.5 Å². The highest BCUT2D eigenvalue weighted by atomic mass is 19.1. The third-order valence-electron chi connectivity index (χ3n) is 2.27. The van der Waals surface area contributed by atoms with Crippen molar-refractivity contribution in [2.45, 2.75) is 0 Å². The number of piperazine rings is 1. The Kier molecular flexibility index (Phi) is 3.31. The van der Waals surface area contributed by atoms with Crippen LogP contribution in [0.5, 0.6) is 5.88 Å². The van der Waals surface area contributed by atoms with Crippen molar-refractivity contribution in [1.82, 2.24) is 15.2 Å². The fraction of sp³-hybridized carbons (Fsp3) is 0.400. The summed E-state index contributed by atoms with van der Waals surface area (Å²) >= 11 is 0. The molecule has 1 amide bonds. The number of hydrogen-bond acceptors (Lipinski definition) is 4.